The second-order valence-electron chi connectivity index (χ2n) is 8.61. The predicted octanol–water partition coefficient (Wildman–Crippen LogP) is 3.60. The third-order valence-electron chi connectivity index (χ3n) is 5.14. The largest absolute Gasteiger partial charge is 0.393 e. The number of rotatable bonds is 5. The Morgan fingerprint density at radius 3 is 2.70 bits per heavy atom. The van der Waals surface area contributed by atoms with E-state index in [0.717, 1.165) is 19.0 Å². The van der Waals surface area contributed by atoms with E-state index in [4.69, 9.17) is 11.6 Å². The molecule has 9 heteroatoms. The molecule has 0 bridgehead atoms. The fourth-order valence-electron chi connectivity index (χ4n) is 3.96. The first-order chi connectivity index (χ1) is 14.0. The van der Waals surface area contributed by atoms with E-state index in [-0.39, 0.29) is 22.1 Å². The topological polar surface area (TPSA) is 70.4 Å². The third-order valence-corrected chi connectivity index (χ3v) is 5.43. The molecule has 1 atom stereocenters. The number of nitrogens with one attached hydrogen (secondary N) is 1. The summed E-state index contributed by atoms with van der Waals surface area (Å²) < 4.78 is 30.1. The molecular formula is C21H27ClF2N4O2. The Morgan fingerprint density at radius 1 is 1.33 bits per heavy atom. The zero-order valence-corrected chi connectivity index (χ0v) is 18.4. The molecule has 3 rings (SSSR count). The SMILES string of the molecule is CC(O)CC(C)(C)NC(=O)c1nc(-c2cc(Cl)c(F)cc2F)n2c1CN(C)CCC2. The molecule has 30 heavy (non-hydrogen) atoms. The standard InChI is InChI=1S/C21H27ClF2N4O2/c1-12(29)10-21(2,3)26-20(30)18-17-11-27(4)6-5-7-28(17)19(25-18)13-8-14(22)16(24)9-15(13)23/h8-9,12,29H,5-7,10-11H2,1-4H3,(H,26,30). The molecule has 164 valence electrons. The van der Waals surface area contributed by atoms with Crippen molar-refractivity contribution in [3.8, 4) is 11.4 Å². The molecule has 0 saturated carbocycles. The molecular weight excluding hydrogens is 414 g/mol. The number of aliphatic hydroxyl groups excluding tert-OH is 1. The van der Waals surface area contributed by atoms with Crippen LogP contribution in [0.2, 0.25) is 5.02 Å². The van der Waals surface area contributed by atoms with E-state index >= 15 is 0 Å². The number of carbonyl (C=O) groups excluding carboxylic acids is 1. The monoisotopic (exact) mass is 440 g/mol. The van der Waals surface area contributed by atoms with E-state index in [1.54, 1.807) is 6.92 Å². The number of aromatic nitrogens is 2. The maximum absolute atomic E-state index is 14.6. The van der Waals surface area contributed by atoms with Gasteiger partial charge in [-0.15, -0.1) is 0 Å². The summed E-state index contributed by atoms with van der Waals surface area (Å²) in [5.74, 6) is -1.79. The second kappa shape index (κ2) is 8.61. The van der Waals surface area contributed by atoms with Crippen LogP contribution in [0, 0.1) is 11.6 Å². The summed E-state index contributed by atoms with van der Waals surface area (Å²) in [7, 11) is 1.94. The van der Waals surface area contributed by atoms with Crippen LogP contribution in [0.1, 0.15) is 49.8 Å². The first-order valence-electron chi connectivity index (χ1n) is 9.92. The number of benzene rings is 1. The molecule has 0 aliphatic carbocycles. The molecule has 2 heterocycles. The Bertz CT molecular complexity index is 959. The van der Waals surface area contributed by atoms with E-state index in [9.17, 15) is 18.7 Å². The van der Waals surface area contributed by atoms with Crippen LogP contribution in [0.4, 0.5) is 8.78 Å². The lowest BCUT2D eigenvalue weighted by Gasteiger charge is -2.27. The van der Waals surface area contributed by atoms with Crippen molar-refractivity contribution >= 4 is 17.5 Å². The number of aliphatic hydroxyl groups is 1. The van der Waals surface area contributed by atoms with E-state index in [2.05, 4.69) is 15.2 Å². The fraction of sp³-hybridized carbons (Fsp3) is 0.524. The van der Waals surface area contributed by atoms with Crippen molar-refractivity contribution in [2.75, 3.05) is 13.6 Å². The Hall–Kier alpha value is -2.03. The van der Waals surface area contributed by atoms with Crippen LogP contribution in [0.25, 0.3) is 11.4 Å². The van der Waals surface area contributed by atoms with Gasteiger partial charge in [0.05, 0.1) is 22.4 Å². The van der Waals surface area contributed by atoms with E-state index in [1.807, 2.05) is 25.5 Å². The highest BCUT2D eigenvalue weighted by Gasteiger charge is 2.30. The second-order valence-corrected chi connectivity index (χ2v) is 9.02. The molecule has 2 N–H and O–H groups in total. The van der Waals surface area contributed by atoms with Gasteiger partial charge in [-0.25, -0.2) is 13.8 Å². The first kappa shape index (κ1) is 22.7. The van der Waals surface area contributed by atoms with Gasteiger partial charge in [0, 0.05) is 24.7 Å². The van der Waals surface area contributed by atoms with Gasteiger partial charge in [0.1, 0.15) is 17.5 Å². The molecule has 1 aliphatic rings. The minimum absolute atomic E-state index is 0.0505. The molecule has 1 unspecified atom stereocenters. The molecule has 0 saturated heterocycles. The van der Waals surface area contributed by atoms with Crippen LogP contribution in [0.3, 0.4) is 0 Å². The van der Waals surface area contributed by atoms with Gasteiger partial charge in [0.15, 0.2) is 5.69 Å². The van der Waals surface area contributed by atoms with Gasteiger partial charge in [-0.05, 0) is 53.3 Å². The van der Waals surface area contributed by atoms with Crippen LogP contribution >= 0.6 is 11.6 Å². The van der Waals surface area contributed by atoms with Gasteiger partial charge in [-0.3, -0.25) is 4.79 Å². The van der Waals surface area contributed by atoms with Crippen molar-refractivity contribution in [2.24, 2.45) is 0 Å². The van der Waals surface area contributed by atoms with E-state index in [1.165, 1.54) is 6.07 Å². The summed E-state index contributed by atoms with van der Waals surface area (Å²) in [5, 5.41) is 12.4. The fourth-order valence-corrected chi connectivity index (χ4v) is 4.12. The summed E-state index contributed by atoms with van der Waals surface area (Å²) >= 11 is 5.89. The molecule has 1 aliphatic heterocycles. The molecule has 2 aromatic rings. The molecule has 0 fully saturated rings. The summed E-state index contributed by atoms with van der Waals surface area (Å²) in [6, 6.07) is 1.93. The number of carbonyl (C=O) groups is 1. The molecule has 1 aromatic heterocycles. The first-order valence-corrected chi connectivity index (χ1v) is 10.3. The van der Waals surface area contributed by atoms with Gasteiger partial charge in [-0.2, -0.15) is 0 Å². The van der Waals surface area contributed by atoms with Gasteiger partial charge >= 0.3 is 0 Å². The Kier molecular flexibility index (Phi) is 6.50. The lowest BCUT2D eigenvalue weighted by atomic mass is 9.97. The van der Waals surface area contributed by atoms with Crippen molar-refractivity contribution in [1.82, 2.24) is 19.8 Å². The van der Waals surface area contributed by atoms with Crippen molar-refractivity contribution < 1.29 is 18.7 Å². The van der Waals surface area contributed by atoms with Crippen molar-refractivity contribution in [3.05, 3.63) is 40.2 Å². The summed E-state index contributed by atoms with van der Waals surface area (Å²) in [6.07, 6.45) is 0.568. The average Bonchev–Trinajstić information content (AvgIpc) is 2.83. The van der Waals surface area contributed by atoms with E-state index in [0.29, 0.717) is 25.2 Å². The maximum Gasteiger partial charge on any atom is 0.272 e. The third kappa shape index (κ3) is 4.82. The zero-order valence-electron chi connectivity index (χ0n) is 17.6. The Labute approximate surface area is 179 Å². The number of halogens is 3. The number of hydrogen-bond donors (Lipinski definition) is 2. The van der Waals surface area contributed by atoms with Crippen molar-refractivity contribution in [1.29, 1.82) is 0 Å². The van der Waals surface area contributed by atoms with E-state index < -0.39 is 29.2 Å². The van der Waals surface area contributed by atoms with Crippen LogP contribution in [-0.4, -0.2) is 50.7 Å². The molecule has 0 radical (unpaired) electrons. The number of imidazole rings is 1. The molecule has 1 amide bonds. The number of fused-ring (bicyclic) bond motifs is 1. The van der Waals surface area contributed by atoms with Crippen LogP contribution in [-0.2, 0) is 13.1 Å². The maximum atomic E-state index is 14.6. The molecule has 6 nitrogen and oxygen atoms in total. The highest BCUT2D eigenvalue weighted by Crippen LogP contribution is 2.31. The van der Waals surface area contributed by atoms with Crippen LogP contribution in [0.5, 0.6) is 0 Å². The smallest absolute Gasteiger partial charge is 0.272 e. The zero-order chi connectivity index (χ0) is 22.2. The number of hydrogen-bond acceptors (Lipinski definition) is 4. The molecule has 1 aromatic carbocycles. The van der Waals surface area contributed by atoms with Crippen molar-refractivity contribution in [3.63, 3.8) is 0 Å². The molecule has 0 spiro atoms. The number of amides is 1. The highest BCUT2D eigenvalue weighted by molar-refractivity contribution is 6.31. The lowest BCUT2D eigenvalue weighted by Crippen LogP contribution is -2.45. The van der Waals surface area contributed by atoms with Crippen LogP contribution < -0.4 is 5.32 Å². The van der Waals surface area contributed by atoms with Gasteiger partial charge in [0.25, 0.3) is 5.91 Å². The van der Waals surface area contributed by atoms with Gasteiger partial charge < -0.3 is 19.9 Å². The quantitative estimate of drug-likeness (QED) is 0.697. The summed E-state index contributed by atoms with van der Waals surface area (Å²) in [6.45, 7) is 7.11. The predicted molar refractivity (Wildman–Crippen MR) is 111 cm³/mol. The lowest BCUT2D eigenvalue weighted by molar-refractivity contribution is 0.0863. The Balaban J connectivity index is 2.09. The summed E-state index contributed by atoms with van der Waals surface area (Å²) in [4.78, 5) is 19.7. The number of nitrogens with zero attached hydrogens (tertiary/aromatic N) is 3. The van der Waals surface area contributed by atoms with Gasteiger partial charge in [-0.1, -0.05) is 11.6 Å². The normalized spacial score (nSPS) is 16.1. The van der Waals surface area contributed by atoms with Gasteiger partial charge in [0.2, 0.25) is 0 Å². The Morgan fingerprint density at radius 2 is 2.03 bits per heavy atom. The van der Waals surface area contributed by atoms with Crippen molar-refractivity contribution in [2.45, 2.75) is 58.3 Å². The average molecular weight is 441 g/mol. The summed E-state index contributed by atoms with van der Waals surface area (Å²) in [5.41, 5.74) is 0.241. The minimum atomic E-state index is -0.849. The minimum Gasteiger partial charge on any atom is -0.393 e. The van der Waals surface area contributed by atoms with Crippen LogP contribution in [0.15, 0.2) is 12.1 Å². The highest BCUT2D eigenvalue weighted by atomic mass is 35.5.